The summed E-state index contributed by atoms with van der Waals surface area (Å²) >= 11 is 1.37. The van der Waals surface area contributed by atoms with Crippen LogP contribution < -0.4 is 14.8 Å². The third-order valence-electron chi connectivity index (χ3n) is 4.43. The van der Waals surface area contributed by atoms with Crippen LogP contribution in [0.5, 0.6) is 11.5 Å². The monoisotopic (exact) mass is 480 g/mol. The Morgan fingerprint density at radius 2 is 1.85 bits per heavy atom. The van der Waals surface area contributed by atoms with Crippen molar-refractivity contribution in [2.45, 2.75) is 19.5 Å². The van der Waals surface area contributed by atoms with Crippen LogP contribution in [-0.2, 0) is 22.1 Å². The average Bonchev–Trinajstić information content (AvgIpc) is 3.23. The van der Waals surface area contributed by atoms with Crippen LogP contribution in [0.15, 0.2) is 47.8 Å². The van der Waals surface area contributed by atoms with E-state index in [1.165, 1.54) is 24.5 Å². The molecular formula is C23H23F3N2O4S. The summed E-state index contributed by atoms with van der Waals surface area (Å²) in [5.41, 5.74) is 0.438. The smallest absolute Gasteiger partial charge is 0.416 e. The summed E-state index contributed by atoms with van der Waals surface area (Å²) in [7, 11) is 1.48. The van der Waals surface area contributed by atoms with E-state index in [1.54, 1.807) is 5.38 Å². The van der Waals surface area contributed by atoms with Crippen LogP contribution in [0.1, 0.15) is 18.2 Å². The van der Waals surface area contributed by atoms with Crippen molar-refractivity contribution >= 4 is 22.9 Å². The third-order valence-corrected chi connectivity index (χ3v) is 5.37. The van der Waals surface area contributed by atoms with Gasteiger partial charge in [-0.05, 0) is 49.4 Å². The summed E-state index contributed by atoms with van der Waals surface area (Å²) in [5, 5.41) is 4.98. The van der Waals surface area contributed by atoms with Gasteiger partial charge in [0.2, 0.25) is 5.91 Å². The molecule has 0 spiro atoms. The quantitative estimate of drug-likeness (QED) is 0.392. The van der Waals surface area contributed by atoms with Gasteiger partial charge in [-0.2, -0.15) is 13.2 Å². The van der Waals surface area contributed by atoms with Crippen LogP contribution >= 0.6 is 11.3 Å². The molecule has 0 saturated carbocycles. The highest BCUT2D eigenvalue weighted by Gasteiger charge is 2.31. The molecule has 3 aromatic rings. The number of hydrogen-bond donors (Lipinski definition) is 1. The largest absolute Gasteiger partial charge is 0.494 e. The van der Waals surface area contributed by atoms with Gasteiger partial charge >= 0.3 is 6.18 Å². The van der Waals surface area contributed by atoms with Crippen molar-refractivity contribution in [2.24, 2.45) is 0 Å². The molecule has 0 unspecified atom stereocenters. The number of nitrogens with zero attached hydrogens (tertiary/aromatic N) is 1. The molecule has 10 heteroatoms. The highest BCUT2D eigenvalue weighted by molar-refractivity contribution is 7.13. The lowest BCUT2D eigenvalue weighted by Gasteiger charge is -2.15. The minimum Gasteiger partial charge on any atom is -0.494 e. The third kappa shape index (κ3) is 6.93. The van der Waals surface area contributed by atoms with Crippen molar-refractivity contribution in [3.05, 3.63) is 59.1 Å². The summed E-state index contributed by atoms with van der Waals surface area (Å²) in [6, 6.07) is 10.4. The van der Waals surface area contributed by atoms with Crippen LogP contribution in [-0.4, -0.2) is 37.8 Å². The first-order valence-corrected chi connectivity index (χ1v) is 11.0. The number of nitrogens with one attached hydrogen (secondary N) is 1. The van der Waals surface area contributed by atoms with E-state index in [9.17, 15) is 18.0 Å². The van der Waals surface area contributed by atoms with Crippen LogP contribution in [0.4, 0.5) is 18.9 Å². The fourth-order valence-corrected chi connectivity index (χ4v) is 3.73. The minimum atomic E-state index is -4.55. The molecule has 1 aromatic heterocycles. The lowest BCUT2D eigenvalue weighted by atomic mass is 10.1. The fraction of sp³-hybridized carbons (Fsp3) is 0.304. The first kappa shape index (κ1) is 24.5. The normalized spacial score (nSPS) is 11.3. The van der Waals surface area contributed by atoms with Crippen LogP contribution in [0.3, 0.4) is 0 Å². The predicted molar refractivity (Wildman–Crippen MR) is 120 cm³/mol. The minimum absolute atomic E-state index is 0.0621. The van der Waals surface area contributed by atoms with Gasteiger partial charge < -0.3 is 19.5 Å². The Hall–Kier alpha value is -3.11. The lowest BCUT2D eigenvalue weighted by molar-refractivity contribution is -0.137. The second-order valence-electron chi connectivity index (χ2n) is 6.88. The molecule has 6 nitrogen and oxygen atoms in total. The van der Waals surface area contributed by atoms with Gasteiger partial charge in [-0.1, -0.05) is 0 Å². The van der Waals surface area contributed by atoms with E-state index in [0.717, 1.165) is 28.5 Å². The van der Waals surface area contributed by atoms with E-state index < -0.39 is 17.6 Å². The Morgan fingerprint density at radius 1 is 1.09 bits per heavy atom. The molecule has 0 saturated heterocycles. The summed E-state index contributed by atoms with van der Waals surface area (Å²) < 4.78 is 55.2. The van der Waals surface area contributed by atoms with E-state index in [0.29, 0.717) is 12.3 Å². The zero-order valence-electron chi connectivity index (χ0n) is 18.1. The first-order chi connectivity index (χ1) is 15.8. The van der Waals surface area contributed by atoms with Crippen LogP contribution in [0.25, 0.3) is 10.6 Å². The molecule has 33 heavy (non-hydrogen) atoms. The standard InChI is InChI=1S/C23H23F3N2O4S/c1-3-31-18-7-4-15(5-8-18)22-27-17(14-33-22)13-21(29)28-19-12-16(23(24,25)26)6-9-20(19)32-11-10-30-2/h4-9,12,14H,3,10-11,13H2,1-2H3,(H,28,29). The van der Waals surface area contributed by atoms with Gasteiger partial charge in [-0.25, -0.2) is 4.98 Å². The zero-order valence-corrected chi connectivity index (χ0v) is 18.9. The van der Waals surface area contributed by atoms with Crippen LogP contribution in [0, 0.1) is 0 Å². The summed E-state index contributed by atoms with van der Waals surface area (Å²) in [4.78, 5) is 17.0. The van der Waals surface area contributed by atoms with E-state index in [1.807, 2.05) is 31.2 Å². The molecular weight excluding hydrogens is 457 g/mol. The highest BCUT2D eigenvalue weighted by Crippen LogP contribution is 2.35. The maximum atomic E-state index is 13.1. The van der Waals surface area contributed by atoms with Crippen molar-refractivity contribution in [3.63, 3.8) is 0 Å². The maximum absolute atomic E-state index is 13.1. The van der Waals surface area contributed by atoms with Gasteiger partial charge in [0, 0.05) is 18.1 Å². The Kier molecular flexibility index (Phi) is 8.29. The average molecular weight is 481 g/mol. The van der Waals surface area contributed by atoms with Crippen LogP contribution in [0.2, 0.25) is 0 Å². The van der Waals surface area contributed by atoms with E-state index in [-0.39, 0.29) is 31.1 Å². The van der Waals surface area contributed by atoms with E-state index in [4.69, 9.17) is 14.2 Å². The molecule has 2 aromatic carbocycles. The number of hydrogen-bond acceptors (Lipinski definition) is 6. The number of halogens is 3. The topological polar surface area (TPSA) is 69.7 Å². The number of amides is 1. The number of carbonyl (C=O) groups is 1. The maximum Gasteiger partial charge on any atom is 0.416 e. The fourth-order valence-electron chi connectivity index (χ4n) is 2.90. The molecule has 0 aliphatic carbocycles. The number of carbonyl (C=O) groups excluding carboxylic acids is 1. The van der Waals surface area contributed by atoms with Crippen molar-refractivity contribution in [1.29, 1.82) is 0 Å². The predicted octanol–water partition coefficient (Wildman–Crippen LogP) is 5.43. The molecule has 0 bridgehead atoms. The van der Waals surface area contributed by atoms with Gasteiger partial charge in [-0.15, -0.1) is 11.3 Å². The van der Waals surface area contributed by atoms with Gasteiger partial charge in [0.25, 0.3) is 0 Å². The highest BCUT2D eigenvalue weighted by atomic mass is 32.1. The summed E-state index contributed by atoms with van der Waals surface area (Å²) in [5.74, 6) is 0.373. The number of thiazole rings is 1. The molecule has 0 atom stereocenters. The number of anilines is 1. The molecule has 3 rings (SSSR count). The summed E-state index contributed by atoms with van der Waals surface area (Å²) in [6.45, 7) is 2.85. The van der Waals surface area contributed by atoms with Crippen molar-refractivity contribution < 1.29 is 32.2 Å². The number of ether oxygens (including phenoxy) is 3. The van der Waals surface area contributed by atoms with Gasteiger partial charge in [0.1, 0.15) is 23.1 Å². The van der Waals surface area contributed by atoms with Gasteiger partial charge in [0.05, 0.1) is 36.6 Å². The molecule has 0 aliphatic rings. The van der Waals surface area contributed by atoms with Gasteiger partial charge in [0.15, 0.2) is 0 Å². The Labute approximate surface area is 193 Å². The number of methoxy groups -OCH3 is 1. The van der Waals surface area contributed by atoms with Crippen molar-refractivity contribution in [1.82, 2.24) is 4.98 Å². The molecule has 176 valence electrons. The second kappa shape index (κ2) is 11.2. The van der Waals surface area contributed by atoms with Gasteiger partial charge in [-0.3, -0.25) is 4.79 Å². The molecule has 1 heterocycles. The molecule has 0 aliphatic heterocycles. The molecule has 1 N–H and O–H groups in total. The number of alkyl halides is 3. The Morgan fingerprint density at radius 3 is 2.52 bits per heavy atom. The van der Waals surface area contributed by atoms with E-state index >= 15 is 0 Å². The van der Waals surface area contributed by atoms with Crippen molar-refractivity contribution in [2.75, 3.05) is 32.2 Å². The summed E-state index contributed by atoms with van der Waals surface area (Å²) in [6.07, 6.45) is -4.65. The number of rotatable bonds is 10. The Balaban J connectivity index is 1.71. The van der Waals surface area contributed by atoms with E-state index in [2.05, 4.69) is 10.3 Å². The number of aromatic nitrogens is 1. The first-order valence-electron chi connectivity index (χ1n) is 10.1. The van der Waals surface area contributed by atoms with Crippen molar-refractivity contribution in [3.8, 4) is 22.1 Å². The lowest BCUT2D eigenvalue weighted by Crippen LogP contribution is -2.17. The second-order valence-corrected chi connectivity index (χ2v) is 7.73. The number of benzene rings is 2. The molecule has 0 fully saturated rings. The zero-order chi connectivity index (χ0) is 23.8. The Bertz CT molecular complexity index is 1070. The molecule has 1 amide bonds. The molecule has 0 radical (unpaired) electrons. The SMILES string of the molecule is CCOc1ccc(-c2nc(CC(=O)Nc3cc(C(F)(F)F)ccc3OCCOC)cs2)cc1.